The summed E-state index contributed by atoms with van der Waals surface area (Å²) in [5.41, 5.74) is 7.35. The topological polar surface area (TPSA) is 31.0 Å². The monoisotopic (exact) mass is 436 g/mol. The summed E-state index contributed by atoms with van der Waals surface area (Å²) in [5.74, 6) is 0.877. The minimum atomic E-state index is 0.867. The first-order chi connectivity index (χ1) is 16.8. The molecule has 160 valence electrons. The first-order valence-electron chi connectivity index (χ1n) is 11.4. The number of fused-ring (bicyclic) bond motifs is 3. The molecule has 2 aromatic heterocycles. The summed E-state index contributed by atoms with van der Waals surface area (Å²) in [5, 5.41) is 3.42. The summed E-state index contributed by atoms with van der Waals surface area (Å²) < 4.78 is 8.25. The standard InChI is InChI=1S/C31H20N2O/c1-2-8-21(9-3-1)22-14-16-25(17-15-22)33-29-13-7-6-12-28(29)32-31(33)27-20-34-30-19-24-11-5-4-10-23(24)18-26(27)30/h1-20H. The van der Waals surface area contributed by atoms with Crippen molar-refractivity contribution in [2.75, 3.05) is 0 Å². The van der Waals surface area contributed by atoms with Crippen molar-refractivity contribution in [3.63, 3.8) is 0 Å². The van der Waals surface area contributed by atoms with Crippen molar-refractivity contribution in [1.82, 2.24) is 9.55 Å². The third-order valence-electron chi connectivity index (χ3n) is 6.48. The van der Waals surface area contributed by atoms with E-state index >= 15 is 0 Å². The van der Waals surface area contributed by atoms with Gasteiger partial charge in [0.25, 0.3) is 0 Å². The van der Waals surface area contributed by atoms with Crippen LogP contribution < -0.4 is 0 Å². The fourth-order valence-corrected chi connectivity index (χ4v) is 4.79. The van der Waals surface area contributed by atoms with Gasteiger partial charge in [-0.3, -0.25) is 4.57 Å². The lowest BCUT2D eigenvalue weighted by molar-refractivity contribution is 0.617. The van der Waals surface area contributed by atoms with E-state index < -0.39 is 0 Å². The lowest BCUT2D eigenvalue weighted by Gasteiger charge is -2.10. The number of furan rings is 1. The second-order valence-corrected chi connectivity index (χ2v) is 8.52. The van der Waals surface area contributed by atoms with Gasteiger partial charge in [-0.05, 0) is 58.3 Å². The largest absolute Gasteiger partial charge is 0.464 e. The Bertz CT molecular complexity index is 1790. The zero-order valence-corrected chi connectivity index (χ0v) is 18.3. The molecule has 0 bridgehead atoms. The summed E-state index contributed by atoms with van der Waals surface area (Å²) in [6.07, 6.45) is 1.83. The summed E-state index contributed by atoms with van der Waals surface area (Å²) >= 11 is 0. The highest BCUT2D eigenvalue weighted by atomic mass is 16.3. The average Bonchev–Trinajstić information content (AvgIpc) is 3.49. The summed E-state index contributed by atoms with van der Waals surface area (Å²) in [4.78, 5) is 5.05. The third kappa shape index (κ3) is 2.95. The Balaban J connectivity index is 1.45. The first kappa shape index (κ1) is 18.9. The van der Waals surface area contributed by atoms with Gasteiger partial charge in [0.05, 0.1) is 16.6 Å². The molecule has 5 aromatic carbocycles. The fraction of sp³-hybridized carbons (Fsp3) is 0. The predicted molar refractivity (Wildman–Crippen MR) is 139 cm³/mol. The highest BCUT2D eigenvalue weighted by Gasteiger charge is 2.19. The molecule has 7 aromatic rings. The summed E-state index contributed by atoms with van der Waals surface area (Å²) in [6.45, 7) is 0. The Morgan fingerprint density at radius 3 is 2.12 bits per heavy atom. The number of para-hydroxylation sites is 2. The maximum atomic E-state index is 6.02. The zero-order chi connectivity index (χ0) is 22.5. The number of hydrogen-bond acceptors (Lipinski definition) is 2. The Morgan fingerprint density at radius 2 is 1.29 bits per heavy atom. The molecule has 3 heteroatoms. The summed E-state index contributed by atoms with van der Waals surface area (Å²) in [7, 11) is 0. The Hall–Kier alpha value is -4.63. The molecule has 0 spiro atoms. The smallest absolute Gasteiger partial charge is 0.149 e. The maximum Gasteiger partial charge on any atom is 0.149 e. The number of benzene rings is 5. The van der Waals surface area contributed by atoms with Gasteiger partial charge in [0.2, 0.25) is 0 Å². The van der Waals surface area contributed by atoms with Gasteiger partial charge in [-0.25, -0.2) is 4.98 Å². The van der Waals surface area contributed by atoms with Crippen molar-refractivity contribution in [2.24, 2.45) is 0 Å². The molecule has 0 radical (unpaired) electrons. The number of rotatable bonds is 3. The molecule has 0 saturated carbocycles. The molecule has 0 aliphatic carbocycles. The second kappa shape index (κ2) is 7.46. The molecule has 0 fully saturated rings. The van der Waals surface area contributed by atoms with Crippen molar-refractivity contribution in [2.45, 2.75) is 0 Å². The van der Waals surface area contributed by atoms with Crippen LogP contribution in [0.3, 0.4) is 0 Å². The van der Waals surface area contributed by atoms with Crippen molar-refractivity contribution in [3.8, 4) is 28.2 Å². The van der Waals surface area contributed by atoms with E-state index in [1.807, 2.05) is 18.4 Å². The van der Waals surface area contributed by atoms with Crippen LogP contribution in [0, 0.1) is 0 Å². The lowest BCUT2D eigenvalue weighted by Crippen LogP contribution is -1.97. The second-order valence-electron chi connectivity index (χ2n) is 8.52. The minimum absolute atomic E-state index is 0.867. The molecule has 0 saturated heterocycles. The normalized spacial score (nSPS) is 11.5. The molecule has 0 aliphatic rings. The van der Waals surface area contributed by atoms with E-state index in [-0.39, 0.29) is 0 Å². The quantitative estimate of drug-likeness (QED) is 0.279. The number of aromatic nitrogens is 2. The average molecular weight is 437 g/mol. The van der Waals surface area contributed by atoms with Gasteiger partial charge in [-0.15, -0.1) is 0 Å². The number of hydrogen-bond donors (Lipinski definition) is 0. The SMILES string of the molecule is c1ccc(-c2ccc(-n3c(-c4coc5cc6ccccc6cc45)nc4ccccc43)cc2)cc1. The van der Waals surface area contributed by atoms with Crippen LogP contribution in [0.4, 0.5) is 0 Å². The lowest BCUT2D eigenvalue weighted by atomic mass is 10.0. The van der Waals surface area contributed by atoms with Gasteiger partial charge in [0.15, 0.2) is 0 Å². The zero-order valence-electron chi connectivity index (χ0n) is 18.3. The minimum Gasteiger partial charge on any atom is -0.464 e. The van der Waals surface area contributed by atoms with E-state index in [4.69, 9.17) is 9.40 Å². The number of imidazole rings is 1. The van der Waals surface area contributed by atoms with Gasteiger partial charge in [0, 0.05) is 11.1 Å². The van der Waals surface area contributed by atoms with E-state index in [0.29, 0.717) is 0 Å². The highest BCUT2D eigenvalue weighted by molar-refractivity contribution is 6.03. The van der Waals surface area contributed by atoms with Crippen LogP contribution in [-0.4, -0.2) is 9.55 Å². The first-order valence-corrected chi connectivity index (χ1v) is 11.4. The van der Waals surface area contributed by atoms with Crippen molar-refractivity contribution in [1.29, 1.82) is 0 Å². The number of nitrogens with zero attached hydrogens (tertiary/aromatic N) is 2. The van der Waals surface area contributed by atoms with Gasteiger partial charge < -0.3 is 4.42 Å². The molecule has 0 N–H and O–H groups in total. The van der Waals surface area contributed by atoms with Crippen LogP contribution in [0.1, 0.15) is 0 Å². The van der Waals surface area contributed by atoms with E-state index in [9.17, 15) is 0 Å². The molecular weight excluding hydrogens is 416 g/mol. The van der Waals surface area contributed by atoms with Crippen molar-refractivity contribution < 1.29 is 4.42 Å². The summed E-state index contributed by atoms with van der Waals surface area (Å²) in [6, 6.07) is 40.1. The molecule has 0 aliphatic heterocycles. The van der Waals surface area contributed by atoms with E-state index in [2.05, 4.69) is 108 Å². The van der Waals surface area contributed by atoms with Gasteiger partial charge in [-0.2, -0.15) is 0 Å². The molecule has 0 amide bonds. The van der Waals surface area contributed by atoms with E-state index in [1.54, 1.807) is 0 Å². The van der Waals surface area contributed by atoms with Crippen LogP contribution in [0.2, 0.25) is 0 Å². The Kier molecular flexibility index (Phi) is 4.15. The van der Waals surface area contributed by atoms with Gasteiger partial charge >= 0.3 is 0 Å². The molecule has 7 rings (SSSR count). The van der Waals surface area contributed by atoms with E-state index in [1.165, 1.54) is 21.9 Å². The molecule has 34 heavy (non-hydrogen) atoms. The molecule has 0 unspecified atom stereocenters. The van der Waals surface area contributed by atoms with Crippen molar-refractivity contribution >= 4 is 32.8 Å². The van der Waals surface area contributed by atoms with Crippen LogP contribution in [0.5, 0.6) is 0 Å². The van der Waals surface area contributed by atoms with Crippen LogP contribution in [-0.2, 0) is 0 Å². The molecular formula is C31H20N2O. The molecule has 2 heterocycles. The van der Waals surface area contributed by atoms with Crippen LogP contribution in [0.15, 0.2) is 126 Å². The maximum absolute atomic E-state index is 6.02. The Labute approximate surface area is 196 Å². The Morgan fingerprint density at radius 1 is 0.618 bits per heavy atom. The highest BCUT2D eigenvalue weighted by Crippen LogP contribution is 2.36. The van der Waals surface area contributed by atoms with Crippen LogP contribution >= 0.6 is 0 Å². The molecule has 0 atom stereocenters. The third-order valence-corrected chi connectivity index (χ3v) is 6.48. The van der Waals surface area contributed by atoms with Crippen LogP contribution in [0.25, 0.3) is 61.0 Å². The van der Waals surface area contributed by atoms with Crippen molar-refractivity contribution in [3.05, 3.63) is 122 Å². The fourth-order valence-electron chi connectivity index (χ4n) is 4.79. The predicted octanol–water partition coefficient (Wildman–Crippen LogP) is 8.26. The van der Waals surface area contributed by atoms with Gasteiger partial charge in [0.1, 0.15) is 17.7 Å². The van der Waals surface area contributed by atoms with E-state index in [0.717, 1.165) is 39.1 Å². The van der Waals surface area contributed by atoms with Gasteiger partial charge in [-0.1, -0.05) is 78.9 Å². The molecule has 3 nitrogen and oxygen atoms in total.